The molecule has 0 aromatic carbocycles. The maximum atomic E-state index is 11.2. The molecular weight excluding hydrogens is 214 g/mol. The number of rotatable bonds is 9. The molecule has 1 unspecified atom stereocenters. The van der Waals surface area contributed by atoms with Crippen molar-refractivity contribution in [2.24, 2.45) is 5.92 Å². The van der Waals surface area contributed by atoms with Gasteiger partial charge in [-0.05, 0) is 6.42 Å². The van der Waals surface area contributed by atoms with Gasteiger partial charge in [0, 0.05) is 13.7 Å². The van der Waals surface area contributed by atoms with Crippen LogP contribution in [-0.4, -0.2) is 50.5 Å². The minimum Gasteiger partial charge on any atom is -0.481 e. The molecule has 1 amide bonds. The van der Waals surface area contributed by atoms with Crippen molar-refractivity contribution in [1.29, 1.82) is 0 Å². The molecule has 6 nitrogen and oxygen atoms in total. The summed E-state index contributed by atoms with van der Waals surface area (Å²) in [5.41, 5.74) is 0. The van der Waals surface area contributed by atoms with Crippen molar-refractivity contribution in [3.63, 3.8) is 0 Å². The molecule has 0 aliphatic carbocycles. The molecule has 94 valence electrons. The maximum absolute atomic E-state index is 11.2. The topological polar surface area (TPSA) is 84.9 Å². The standard InChI is InChI=1S/C10H19NO5/c1-3-8(10(13)14)6-11-9(12)7-16-5-4-15-2/h8H,3-7H2,1-2H3,(H,11,12)(H,13,14). The highest BCUT2D eigenvalue weighted by Crippen LogP contribution is 1.99. The molecule has 6 heteroatoms. The molecule has 0 saturated carbocycles. The lowest BCUT2D eigenvalue weighted by atomic mass is 10.1. The zero-order chi connectivity index (χ0) is 12.4. The zero-order valence-electron chi connectivity index (χ0n) is 9.69. The van der Waals surface area contributed by atoms with E-state index in [1.165, 1.54) is 0 Å². The average Bonchev–Trinajstić information content (AvgIpc) is 2.25. The fourth-order valence-electron chi connectivity index (χ4n) is 1.00. The lowest BCUT2D eigenvalue weighted by Gasteiger charge is -2.11. The van der Waals surface area contributed by atoms with Gasteiger partial charge in [-0.15, -0.1) is 0 Å². The summed E-state index contributed by atoms with van der Waals surface area (Å²) in [6.07, 6.45) is 0.486. The minimum atomic E-state index is -0.900. The van der Waals surface area contributed by atoms with E-state index >= 15 is 0 Å². The summed E-state index contributed by atoms with van der Waals surface area (Å²) >= 11 is 0. The van der Waals surface area contributed by atoms with Gasteiger partial charge in [0.25, 0.3) is 0 Å². The Morgan fingerprint density at radius 1 is 1.38 bits per heavy atom. The van der Waals surface area contributed by atoms with E-state index in [0.717, 1.165) is 0 Å². The normalized spacial score (nSPS) is 12.1. The summed E-state index contributed by atoms with van der Waals surface area (Å²) in [7, 11) is 1.54. The van der Waals surface area contributed by atoms with E-state index in [-0.39, 0.29) is 19.1 Å². The van der Waals surface area contributed by atoms with Crippen LogP contribution in [0.1, 0.15) is 13.3 Å². The van der Waals surface area contributed by atoms with E-state index < -0.39 is 11.9 Å². The molecule has 0 spiro atoms. The molecule has 0 saturated heterocycles. The van der Waals surface area contributed by atoms with Crippen LogP contribution in [0.15, 0.2) is 0 Å². The van der Waals surface area contributed by atoms with E-state index in [9.17, 15) is 9.59 Å². The van der Waals surface area contributed by atoms with Crippen molar-refractivity contribution < 1.29 is 24.2 Å². The first-order valence-corrected chi connectivity index (χ1v) is 5.18. The number of ether oxygens (including phenoxy) is 2. The summed E-state index contributed by atoms with van der Waals surface area (Å²) in [5, 5.41) is 11.2. The molecule has 0 aromatic heterocycles. The maximum Gasteiger partial charge on any atom is 0.308 e. The van der Waals surface area contributed by atoms with Crippen molar-refractivity contribution >= 4 is 11.9 Å². The first-order valence-electron chi connectivity index (χ1n) is 5.18. The Morgan fingerprint density at radius 2 is 2.06 bits per heavy atom. The number of carbonyl (C=O) groups is 2. The number of carboxylic acids is 1. The van der Waals surface area contributed by atoms with Crippen LogP contribution in [0.5, 0.6) is 0 Å². The monoisotopic (exact) mass is 233 g/mol. The number of hydrogen-bond acceptors (Lipinski definition) is 4. The third-order valence-electron chi connectivity index (χ3n) is 2.05. The van der Waals surface area contributed by atoms with Crippen molar-refractivity contribution in [1.82, 2.24) is 5.32 Å². The van der Waals surface area contributed by atoms with E-state index in [2.05, 4.69) is 5.32 Å². The largest absolute Gasteiger partial charge is 0.481 e. The average molecular weight is 233 g/mol. The van der Waals surface area contributed by atoms with Gasteiger partial charge in [0.05, 0.1) is 19.1 Å². The Labute approximate surface area is 94.9 Å². The fourth-order valence-corrected chi connectivity index (χ4v) is 1.00. The Balaban J connectivity index is 3.59. The van der Waals surface area contributed by atoms with Crippen molar-refractivity contribution in [2.45, 2.75) is 13.3 Å². The van der Waals surface area contributed by atoms with Crippen molar-refractivity contribution in [3.05, 3.63) is 0 Å². The van der Waals surface area contributed by atoms with Crippen LogP contribution in [0, 0.1) is 5.92 Å². The second-order valence-corrected chi connectivity index (χ2v) is 3.29. The Kier molecular flexibility index (Phi) is 8.46. The molecule has 0 aliphatic heterocycles. The molecule has 0 aliphatic rings. The van der Waals surface area contributed by atoms with Crippen molar-refractivity contribution in [3.8, 4) is 0 Å². The Hall–Kier alpha value is -1.14. The first-order chi connectivity index (χ1) is 7.61. The van der Waals surface area contributed by atoms with E-state index in [0.29, 0.717) is 19.6 Å². The van der Waals surface area contributed by atoms with Gasteiger partial charge < -0.3 is 19.9 Å². The van der Waals surface area contributed by atoms with Gasteiger partial charge in [-0.2, -0.15) is 0 Å². The summed E-state index contributed by atoms with van der Waals surface area (Å²) in [5.74, 6) is -1.75. The second kappa shape index (κ2) is 9.11. The summed E-state index contributed by atoms with van der Waals surface area (Å²) in [4.78, 5) is 21.8. The summed E-state index contributed by atoms with van der Waals surface area (Å²) < 4.78 is 9.71. The van der Waals surface area contributed by atoms with E-state index in [4.69, 9.17) is 14.6 Å². The van der Waals surface area contributed by atoms with Gasteiger partial charge in [-0.25, -0.2) is 0 Å². The Morgan fingerprint density at radius 3 is 2.56 bits per heavy atom. The van der Waals surface area contributed by atoms with Gasteiger partial charge in [-0.3, -0.25) is 9.59 Å². The molecular formula is C10H19NO5. The van der Waals surface area contributed by atoms with Crippen LogP contribution in [0.3, 0.4) is 0 Å². The lowest BCUT2D eigenvalue weighted by molar-refractivity contribution is -0.141. The van der Waals surface area contributed by atoms with Crippen LogP contribution in [0.4, 0.5) is 0 Å². The predicted molar refractivity (Wildman–Crippen MR) is 57.1 cm³/mol. The second-order valence-electron chi connectivity index (χ2n) is 3.29. The van der Waals surface area contributed by atoms with Crippen LogP contribution < -0.4 is 5.32 Å². The zero-order valence-corrected chi connectivity index (χ0v) is 9.69. The first kappa shape index (κ1) is 14.9. The highest BCUT2D eigenvalue weighted by atomic mass is 16.5. The van der Waals surface area contributed by atoms with Crippen LogP contribution in [0.2, 0.25) is 0 Å². The molecule has 0 heterocycles. The molecule has 2 N–H and O–H groups in total. The van der Waals surface area contributed by atoms with Gasteiger partial charge in [0.2, 0.25) is 5.91 Å². The number of aliphatic carboxylic acids is 1. The number of carboxylic acid groups (broad SMARTS) is 1. The lowest BCUT2D eigenvalue weighted by Crippen LogP contribution is -2.35. The number of carbonyl (C=O) groups excluding carboxylic acids is 1. The highest BCUT2D eigenvalue weighted by Gasteiger charge is 2.15. The van der Waals surface area contributed by atoms with Gasteiger partial charge in [-0.1, -0.05) is 6.92 Å². The number of nitrogens with one attached hydrogen (secondary N) is 1. The summed E-state index contributed by atoms with van der Waals surface area (Å²) in [6, 6.07) is 0. The molecule has 16 heavy (non-hydrogen) atoms. The Bertz CT molecular complexity index is 219. The predicted octanol–water partition coefficient (Wildman–Crippen LogP) is -0.124. The fraction of sp³-hybridized carbons (Fsp3) is 0.800. The molecule has 0 bridgehead atoms. The van der Waals surface area contributed by atoms with Gasteiger partial charge >= 0.3 is 5.97 Å². The quantitative estimate of drug-likeness (QED) is 0.542. The van der Waals surface area contributed by atoms with Crippen LogP contribution >= 0.6 is 0 Å². The summed E-state index contributed by atoms with van der Waals surface area (Å²) in [6.45, 7) is 2.61. The molecule has 0 radical (unpaired) electrons. The van der Waals surface area contributed by atoms with Crippen LogP contribution in [0.25, 0.3) is 0 Å². The third kappa shape index (κ3) is 7.19. The number of methoxy groups -OCH3 is 1. The molecule has 0 fully saturated rings. The molecule has 1 atom stereocenters. The van der Waals surface area contributed by atoms with E-state index in [1.54, 1.807) is 14.0 Å². The van der Waals surface area contributed by atoms with Crippen LogP contribution in [-0.2, 0) is 19.1 Å². The molecule has 0 rings (SSSR count). The number of amides is 1. The molecule has 0 aromatic rings. The minimum absolute atomic E-state index is 0.0700. The van der Waals surface area contributed by atoms with Gasteiger partial charge in [0.1, 0.15) is 6.61 Å². The highest BCUT2D eigenvalue weighted by molar-refractivity contribution is 5.78. The van der Waals surface area contributed by atoms with Crippen molar-refractivity contribution in [2.75, 3.05) is 33.5 Å². The van der Waals surface area contributed by atoms with Gasteiger partial charge in [0.15, 0.2) is 0 Å². The van der Waals surface area contributed by atoms with E-state index in [1.807, 2.05) is 0 Å². The number of hydrogen-bond donors (Lipinski definition) is 2. The smallest absolute Gasteiger partial charge is 0.308 e. The SMILES string of the molecule is CCC(CNC(=O)COCCOC)C(=O)O. The third-order valence-corrected chi connectivity index (χ3v) is 2.05.